The molecule has 0 amide bonds. The molecule has 9 rings (SSSR count). The standard InChI is InChI=1S/C43H30N2O5.CH4/c1-4-5-24-7-12-30(13-8-24)50-39-31-14-6-23(2)16-27(31)17-28-18-29(11-15-32(28)39)45-42(48)36-20-26-10-9-25-19-35-37(41(47)44(3)40(35)46)21-33(25)34(26)22-38(36)43(45)49;/h6-22H,4-5H2,1-3H3;1H4. The Morgan fingerprint density at radius 3 is 1.71 bits per heavy atom. The lowest BCUT2D eigenvalue weighted by atomic mass is 9.98. The summed E-state index contributed by atoms with van der Waals surface area (Å²) in [6.45, 7) is 4.20. The van der Waals surface area contributed by atoms with Crippen molar-refractivity contribution in [3.05, 3.63) is 156 Å². The second-order valence-corrected chi connectivity index (χ2v) is 13.3. The van der Waals surface area contributed by atoms with E-state index in [0.29, 0.717) is 33.0 Å². The molecule has 0 atom stereocenters. The summed E-state index contributed by atoms with van der Waals surface area (Å²) in [5.41, 5.74) is 1.31. The highest BCUT2D eigenvalue weighted by Gasteiger charge is 2.19. The Kier molecular flexibility index (Phi) is 7.27. The van der Waals surface area contributed by atoms with Gasteiger partial charge in [-0.2, -0.15) is 0 Å². The van der Waals surface area contributed by atoms with Crippen LogP contribution in [-0.4, -0.2) is 9.13 Å². The minimum Gasteiger partial charge on any atom is -0.456 e. The highest BCUT2D eigenvalue weighted by atomic mass is 16.5. The minimum atomic E-state index is -0.421. The van der Waals surface area contributed by atoms with E-state index < -0.39 is 11.1 Å². The van der Waals surface area contributed by atoms with Gasteiger partial charge >= 0.3 is 0 Å². The molecule has 0 saturated heterocycles. The Bertz CT molecular complexity index is 3120. The molecule has 2 aromatic heterocycles. The number of aromatic nitrogens is 2. The lowest BCUT2D eigenvalue weighted by Gasteiger charge is -2.15. The first-order valence-electron chi connectivity index (χ1n) is 16.7. The summed E-state index contributed by atoms with van der Waals surface area (Å²) in [4.78, 5) is 53.4. The van der Waals surface area contributed by atoms with Gasteiger partial charge in [0.05, 0.1) is 27.2 Å². The molecule has 0 aliphatic rings. The monoisotopic (exact) mass is 670 g/mol. The average Bonchev–Trinajstić information content (AvgIpc) is 3.49. The number of fused-ring (bicyclic) bond motifs is 7. The summed E-state index contributed by atoms with van der Waals surface area (Å²) < 4.78 is 8.91. The third-order valence-electron chi connectivity index (χ3n) is 10.0. The molecule has 250 valence electrons. The Morgan fingerprint density at radius 1 is 0.529 bits per heavy atom. The summed E-state index contributed by atoms with van der Waals surface area (Å²) in [5, 5.41) is 7.96. The van der Waals surface area contributed by atoms with Crippen LogP contribution < -0.4 is 27.0 Å². The second kappa shape index (κ2) is 11.6. The molecule has 0 bridgehead atoms. The number of hydrogen-bond acceptors (Lipinski definition) is 5. The number of aryl methyl sites for hydroxylation is 2. The van der Waals surface area contributed by atoms with Crippen molar-refractivity contribution in [3.63, 3.8) is 0 Å². The quantitative estimate of drug-likeness (QED) is 0.135. The highest BCUT2D eigenvalue weighted by Crippen LogP contribution is 2.39. The molecule has 0 N–H and O–H groups in total. The predicted molar refractivity (Wildman–Crippen MR) is 209 cm³/mol. The Balaban J connectivity index is 0.00000374. The fourth-order valence-electron chi connectivity index (χ4n) is 7.46. The smallest absolute Gasteiger partial charge is 0.266 e. The number of nitrogens with zero attached hydrogens (tertiary/aromatic N) is 2. The van der Waals surface area contributed by atoms with Crippen molar-refractivity contribution in [2.24, 2.45) is 7.05 Å². The van der Waals surface area contributed by atoms with Gasteiger partial charge in [-0.15, -0.1) is 0 Å². The fraction of sp³-hybridized carbons (Fsp3) is 0.136. The van der Waals surface area contributed by atoms with Crippen molar-refractivity contribution < 1.29 is 4.74 Å². The molecule has 0 aliphatic heterocycles. The van der Waals surface area contributed by atoms with Crippen LogP contribution in [0.4, 0.5) is 0 Å². The molecule has 9 aromatic rings. The summed E-state index contributed by atoms with van der Waals surface area (Å²) in [5.74, 6) is 1.45. The van der Waals surface area contributed by atoms with Crippen molar-refractivity contribution in [1.82, 2.24) is 9.13 Å². The third-order valence-corrected chi connectivity index (χ3v) is 10.0. The first-order chi connectivity index (χ1) is 24.2. The van der Waals surface area contributed by atoms with E-state index in [2.05, 4.69) is 43.3 Å². The van der Waals surface area contributed by atoms with Crippen LogP contribution in [0.15, 0.2) is 122 Å². The van der Waals surface area contributed by atoms with Crippen LogP contribution in [0.5, 0.6) is 11.5 Å². The molecule has 51 heavy (non-hydrogen) atoms. The lowest BCUT2D eigenvalue weighted by molar-refractivity contribution is 0.493. The van der Waals surface area contributed by atoms with Crippen LogP contribution in [0.2, 0.25) is 0 Å². The van der Waals surface area contributed by atoms with Crippen molar-refractivity contribution in [1.29, 1.82) is 0 Å². The minimum absolute atomic E-state index is 0. The second-order valence-electron chi connectivity index (χ2n) is 13.3. The van der Waals surface area contributed by atoms with Gasteiger partial charge in [-0.3, -0.25) is 23.7 Å². The summed E-state index contributed by atoms with van der Waals surface area (Å²) >= 11 is 0. The van der Waals surface area contributed by atoms with Gasteiger partial charge in [0, 0.05) is 17.8 Å². The average molecular weight is 671 g/mol. The SMILES string of the molecule is C.CCCc1ccc(Oc2c3ccc(C)cc3cc3cc(-n4c(=O)c5cc6ccc7cc8c(=O)n(C)c(=O)c8cc7c6cc5c4=O)ccc23)cc1. The number of ether oxygens (including phenoxy) is 1. The normalized spacial score (nSPS) is 11.7. The van der Waals surface area contributed by atoms with Gasteiger partial charge in [0.2, 0.25) is 0 Å². The van der Waals surface area contributed by atoms with Crippen molar-refractivity contribution >= 4 is 64.6 Å². The van der Waals surface area contributed by atoms with Gasteiger partial charge in [-0.1, -0.05) is 68.8 Å². The van der Waals surface area contributed by atoms with Gasteiger partial charge < -0.3 is 4.74 Å². The topological polar surface area (TPSA) is 87.4 Å². The largest absolute Gasteiger partial charge is 0.456 e. The first kappa shape index (κ1) is 31.9. The molecule has 0 aliphatic carbocycles. The van der Waals surface area contributed by atoms with Gasteiger partial charge in [0.1, 0.15) is 11.5 Å². The van der Waals surface area contributed by atoms with E-state index in [-0.39, 0.29) is 18.5 Å². The van der Waals surface area contributed by atoms with Gasteiger partial charge in [0.25, 0.3) is 22.2 Å². The van der Waals surface area contributed by atoms with E-state index >= 15 is 0 Å². The Labute approximate surface area is 291 Å². The Morgan fingerprint density at radius 2 is 1.08 bits per heavy atom. The Hall–Kier alpha value is -6.34. The van der Waals surface area contributed by atoms with Crippen molar-refractivity contribution in [2.45, 2.75) is 34.1 Å². The molecule has 7 aromatic carbocycles. The van der Waals surface area contributed by atoms with E-state index in [9.17, 15) is 19.2 Å². The van der Waals surface area contributed by atoms with Crippen LogP contribution in [0.25, 0.3) is 70.3 Å². The van der Waals surface area contributed by atoms with Crippen LogP contribution in [0.3, 0.4) is 0 Å². The van der Waals surface area contributed by atoms with Crippen molar-refractivity contribution in [3.8, 4) is 17.2 Å². The van der Waals surface area contributed by atoms with Gasteiger partial charge in [0.15, 0.2) is 0 Å². The number of rotatable bonds is 5. The lowest BCUT2D eigenvalue weighted by Crippen LogP contribution is -2.23. The van der Waals surface area contributed by atoms with Crippen LogP contribution in [-0.2, 0) is 13.5 Å². The predicted octanol–water partition coefficient (Wildman–Crippen LogP) is 8.74. The molecule has 2 heterocycles. The van der Waals surface area contributed by atoms with E-state index in [1.807, 2.05) is 43.3 Å². The maximum Gasteiger partial charge on any atom is 0.266 e. The van der Waals surface area contributed by atoms with Crippen LogP contribution >= 0.6 is 0 Å². The molecular weight excluding hydrogens is 636 g/mol. The molecule has 0 unspecified atom stereocenters. The number of benzene rings is 7. The maximum atomic E-state index is 14.1. The number of hydrogen-bond donors (Lipinski definition) is 0. The molecule has 7 heteroatoms. The van der Waals surface area contributed by atoms with Gasteiger partial charge in [-0.25, -0.2) is 4.57 Å². The molecule has 0 spiro atoms. The third kappa shape index (κ3) is 4.80. The summed E-state index contributed by atoms with van der Waals surface area (Å²) in [7, 11) is 1.47. The molecular formula is C44H34N2O5. The van der Waals surface area contributed by atoms with Gasteiger partial charge in [-0.05, 0) is 112 Å². The van der Waals surface area contributed by atoms with E-state index in [1.165, 1.54) is 17.2 Å². The first-order valence-corrected chi connectivity index (χ1v) is 16.7. The molecule has 0 radical (unpaired) electrons. The molecule has 0 fully saturated rings. The zero-order valence-electron chi connectivity index (χ0n) is 27.7. The maximum absolute atomic E-state index is 14.1. The fourth-order valence-corrected chi connectivity index (χ4v) is 7.46. The van der Waals surface area contributed by atoms with E-state index in [0.717, 1.165) is 71.8 Å². The zero-order valence-corrected chi connectivity index (χ0v) is 27.7. The van der Waals surface area contributed by atoms with E-state index in [1.54, 1.807) is 30.3 Å². The van der Waals surface area contributed by atoms with Crippen LogP contribution in [0.1, 0.15) is 31.9 Å². The van der Waals surface area contributed by atoms with Crippen LogP contribution in [0, 0.1) is 6.92 Å². The molecule has 0 saturated carbocycles. The summed E-state index contributed by atoms with van der Waals surface area (Å²) in [6, 6.07) is 32.7. The van der Waals surface area contributed by atoms with Crippen molar-refractivity contribution in [2.75, 3.05) is 0 Å². The molecule has 7 nitrogen and oxygen atoms in total. The highest BCUT2D eigenvalue weighted by molar-refractivity contribution is 6.15. The van der Waals surface area contributed by atoms with E-state index in [4.69, 9.17) is 4.74 Å². The summed E-state index contributed by atoms with van der Waals surface area (Å²) in [6.07, 6.45) is 2.08. The zero-order chi connectivity index (χ0) is 34.4.